The fraction of sp³-hybridized carbons (Fsp3) is 0.154. The zero-order valence-electron chi connectivity index (χ0n) is 9.22. The third-order valence-electron chi connectivity index (χ3n) is 2.46. The zero-order valence-corrected chi connectivity index (χ0v) is 9.22. The Labute approximate surface area is 95.3 Å². The van der Waals surface area contributed by atoms with E-state index in [1.807, 2.05) is 30.3 Å². The average Bonchev–Trinajstić information content (AvgIpc) is 2.30. The van der Waals surface area contributed by atoms with Crippen molar-refractivity contribution in [1.82, 2.24) is 4.98 Å². The first kappa shape index (κ1) is 10.5. The minimum absolute atomic E-state index is 0.253. The molecule has 3 N–H and O–H groups in total. The molecule has 0 fully saturated rings. The van der Waals surface area contributed by atoms with Gasteiger partial charge in [-0.25, -0.2) is 4.98 Å². The van der Waals surface area contributed by atoms with Gasteiger partial charge in [0.05, 0.1) is 0 Å². The molecular weight excluding hydrogens is 198 g/mol. The Kier molecular flexibility index (Phi) is 3.05. The highest BCUT2D eigenvalue weighted by Gasteiger charge is 2.04. The van der Waals surface area contributed by atoms with Crippen LogP contribution in [0.5, 0.6) is 0 Å². The molecule has 2 aromatic rings. The van der Waals surface area contributed by atoms with E-state index in [0.29, 0.717) is 5.82 Å². The molecule has 3 heteroatoms. The molecule has 0 saturated carbocycles. The van der Waals surface area contributed by atoms with Crippen molar-refractivity contribution in [2.45, 2.75) is 13.0 Å². The predicted octanol–water partition coefficient (Wildman–Crippen LogP) is 2.84. The number of nitrogens with zero attached hydrogens (tertiary/aromatic N) is 1. The molecule has 1 unspecified atom stereocenters. The van der Waals surface area contributed by atoms with E-state index in [1.165, 1.54) is 5.56 Å². The molecule has 16 heavy (non-hydrogen) atoms. The maximum atomic E-state index is 5.62. The fourth-order valence-electron chi connectivity index (χ4n) is 1.61. The Morgan fingerprint density at radius 2 is 1.94 bits per heavy atom. The Morgan fingerprint density at radius 1 is 1.19 bits per heavy atom. The second-order valence-corrected chi connectivity index (χ2v) is 3.75. The summed E-state index contributed by atoms with van der Waals surface area (Å²) in [5, 5.41) is 3.38. The number of nitrogens with two attached hydrogens (primary N) is 1. The Balaban J connectivity index is 2.11. The van der Waals surface area contributed by atoms with Crippen LogP contribution < -0.4 is 11.1 Å². The summed E-state index contributed by atoms with van der Waals surface area (Å²) >= 11 is 0. The molecule has 2 rings (SSSR count). The summed E-state index contributed by atoms with van der Waals surface area (Å²) in [5.41, 5.74) is 7.86. The third-order valence-corrected chi connectivity index (χ3v) is 2.46. The Bertz CT molecular complexity index is 454. The lowest BCUT2D eigenvalue weighted by molar-refractivity contribution is 0.884. The highest BCUT2D eigenvalue weighted by atomic mass is 14.9. The predicted molar refractivity (Wildman–Crippen MR) is 67.1 cm³/mol. The maximum absolute atomic E-state index is 5.62. The summed E-state index contributed by atoms with van der Waals surface area (Å²) in [6, 6.07) is 14.3. The largest absolute Gasteiger partial charge is 0.384 e. The average molecular weight is 213 g/mol. The molecule has 0 aliphatic heterocycles. The van der Waals surface area contributed by atoms with Gasteiger partial charge in [-0.15, -0.1) is 0 Å². The number of anilines is 2. The second-order valence-electron chi connectivity index (χ2n) is 3.75. The number of pyridine rings is 1. The van der Waals surface area contributed by atoms with Gasteiger partial charge in [0.15, 0.2) is 0 Å². The number of rotatable bonds is 3. The quantitative estimate of drug-likeness (QED) is 0.824. The van der Waals surface area contributed by atoms with Crippen molar-refractivity contribution < 1.29 is 0 Å². The summed E-state index contributed by atoms with van der Waals surface area (Å²) in [6.07, 6.45) is 1.70. The first-order valence-corrected chi connectivity index (χ1v) is 5.29. The van der Waals surface area contributed by atoms with E-state index in [9.17, 15) is 0 Å². The van der Waals surface area contributed by atoms with Crippen LogP contribution in [-0.4, -0.2) is 4.98 Å². The topological polar surface area (TPSA) is 50.9 Å². The number of nitrogen functional groups attached to an aromatic ring is 1. The van der Waals surface area contributed by atoms with Crippen LogP contribution in [0.4, 0.5) is 11.5 Å². The minimum Gasteiger partial charge on any atom is -0.384 e. The van der Waals surface area contributed by atoms with E-state index in [-0.39, 0.29) is 6.04 Å². The molecule has 1 aromatic carbocycles. The van der Waals surface area contributed by atoms with Crippen LogP contribution in [0.3, 0.4) is 0 Å². The fourth-order valence-corrected chi connectivity index (χ4v) is 1.61. The molecule has 0 amide bonds. The molecule has 0 aliphatic carbocycles. The van der Waals surface area contributed by atoms with Crippen LogP contribution in [0.25, 0.3) is 0 Å². The van der Waals surface area contributed by atoms with Crippen molar-refractivity contribution in [3.05, 3.63) is 54.2 Å². The molecule has 1 aromatic heterocycles. The van der Waals surface area contributed by atoms with Crippen LogP contribution >= 0.6 is 0 Å². The Morgan fingerprint density at radius 3 is 2.62 bits per heavy atom. The maximum Gasteiger partial charge on any atom is 0.125 e. The van der Waals surface area contributed by atoms with Crippen molar-refractivity contribution in [3.63, 3.8) is 0 Å². The van der Waals surface area contributed by atoms with Gasteiger partial charge in [-0.3, -0.25) is 0 Å². The highest BCUT2D eigenvalue weighted by molar-refractivity contribution is 5.51. The summed E-state index contributed by atoms with van der Waals surface area (Å²) in [7, 11) is 0. The lowest BCUT2D eigenvalue weighted by atomic mass is 10.1. The summed E-state index contributed by atoms with van der Waals surface area (Å²) in [6.45, 7) is 2.12. The number of nitrogens with one attached hydrogen (secondary N) is 1. The molecule has 0 saturated heterocycles. The van der Waals surface area contributed by atoms with Gasteiger partial charge in [0.2, 0.25) is 0 Å². The smallest absolute Gasteiger partial charge is 0.125 e. The monoisotopic (exact) mass is 213 g/mol. The molecule has 0 radical (unpaired) electrons. The molecule has 3 nitrogen and oxygen atoms in total. The molecule has 82 valence electrons. The summed E-state index contributed by atoms with van der Waals surface area (Å²) in [5.74, 6) is 0.533. The van der Waals surface area contributed by atoms with E-state index >= 15 is 0 Å². The minimum atomic E-state index is 0.253. The Hall–Kier alpha value is -2.03. The lowest BCUT2D eigenvalue weighted by Crippen LogP contribution is -2.06. The van der Waals surface area contributed by atoms with Crippen LogP contribution in [0.2, 0.25) is 0 Å². The molecule has 1 atom stereocenters. The molecular formula is C13H15N3. The standard InChI is InChI=1S/C13H15N3/c1-10(11-5-3-2-4-6-11)16-12-7-8-15-13(14)9-12/h2-10H,1H3,(H3,14,15,16). The SMILES string of the molecule is CC(Nc1ccnc(N)c1)c1ccccc1. The first-order valence-electron chi connectivity index (χ1n) is 5.29. The van der Waals surface area contributed by atoms with Gasteiger partial charge in [0.1, 0.15) is 5.82 Å². The van der Waals surface area contributed by atoms with Crippen molar-refractivity contribution in [3.8, 4) is 0 Å². The van der Waals surface area contributed by atoms with Gasteiger partial charge in [-0.2, -0.15) is 0 Å². The number of benzene rings is 1. The second kappa shape index (κ2) is 4.66. The van der Waals surface area contributed by atoms with Crippen molar-refractivity contribution in [2.24, 2.45) is 0 Å². The number of hydrogen-bond acceptors (Lipinski definition) is 3. The van der Waals surface area contributed by atoms with E-state index in [1.54, 1.807) is 6.20 Å². The first-order chi connectivity index (χ1) is 7.75. The van der Waals surface area contributed by atoms with Crippen LogP contribution in [0.1, 0.15) is 18.5 Å². The van der Waals surface area contributed by atoms with Crippen LogP contribution in [0, 0.1) is 0 Å². The number of hydrogen-bond donors (Lipinski definition) is 2. The zero-order chi connectivity index (χ0) is 11.4. The van der Waals surface area contributed by atoms with Crippen LogP contribution in [0.15, 0.2) is 48.7 Å². The van der Waals surface area contributed by atoms with Crippen molar-refractivity contribution >= 4 is 11.5 Å². The van der Waals surface area contributed by atoms with Gasteiger partial charge < -0.3 is 11.1 Å². The van der Waals surface area contributed by atoms with Gasteiger partial charge in [0.25, 0.3) is 0 Å². The van der Waals surface area contributed by atoms with Gasteiger partial charge >= 0.3 is 0 Å². The molecule has 0 bridgehead atoms. The van der Waals surface area contributed by atoms with Gasteiger partial charge in [-0.05, 0) is 18.6 Å². The highest BCUT2D eigenvalue weighted by Crippen LogP contribution is 2.19. The normalized spacial score (nSPS) is 12.1. The van der Waals surface area contributed by atoms with Crippen molar-refractivity contribution in [1.29, 1.82) is 0 Å². The van der Waals surface area contributed by atoms with Crippen LogP contribution in [-0.2, 0) is 0 Å². The van der Waals surface area contributed by atoms with E-state index < -0.39 is 0 Å². The molecule has 1 heterocycles. The molecule has 0 spiro atoms. The van der Waals surface area contributed by atoms with E-state index in [2.05, 4.69) is 29.4 Å². The van der Waals surface area contributed by atoms with E-state index in [4.69, 9.17) is 5.73 Å². The van der Waals surface area contributed by atoms with Gasteiger partial charge in [-0.1, -0.05) is 30.3 Å². The van der Waals surface area contributed by atoms with Crippen molar-refractivity contribution in [2.75, 3.05) is 11.1 Å². The lowest BCUT2D eigenvalue weighted by Gasteiger charge is -2.15. The summed E-state index contributed by atoms with van der Waals surface area (Å²) < 4.78 is 0. The van der Waals surface area contributed by atoms with E-state index in [0.717, 1.165) is 5.69 Å². The summed E-state index contributed by atoms with van der Waals surface area (Å²) in [4.78, 5) is 3.96. The van der Waals surface area contributed by atoms with Gasteiger partial charge in [0, 0.05) is 24.0 Å². The molecule has 0 aliphatic rings. The number of aromatic nitrogens is 1. The third kappa shape index (κ3) is 2.51.